The van der Waals surface area contributed by atoms with Gasteiger partial charge in [-0.15, -0.1) is 0 Å². The monoisotopic (exact) mass is 202 g/mol. The van der Waals surface area contributed by atoms with E-state index in [4.69, 9.17) is 0 Å². The fraction of sp³-hybridized carbons (Fsp3) is 0.333. The first-order valence-corrected chi connectivity index (χ1v) is 5.20. The first-order chi connectivity index (χ1) is 7.24. The highest BCUT2D eigenvalue weighted by atomic mass is 16.1. The van der Waals surface area contributed by atoms with Crippen molar-refractivity contribution in [2.75, 3.05) is 0 Å². The lowest BCUT2D eigenvalue weighted by atomic mass is 10.2. The standard InChI is InChI=1S/C12H14N2O/c1-3-9(2)14-8-13-12(15)10-6-4-5-7-11(10)14/h4-9H,3H2,1-2H3. The van der Waals surface area contributed by atoms with E-state index < -0.39 is 0 Å². The lowest BCUT2D eigenvalue weighted by Crippen LogP contribution is -2.14. The van der Waals surface area contributed by atoms with E-state index in [0.29, 0.717) is 11.4 Å². The molecule has 0 saturated heterocycles. The second-order valence-corrected chi connectivity index (χ2v) is 3.73. The number of hydrogen-bond donors (Lipinski definition) is 0. The Kier molecular flexibility index (Phi) is 2.54. The van der Waals surface area contributed by atoms with Crippen LogP contribution in [0.1, 0.15) is 26.3 Å². The first kappa shape index (κ1) is 9.90. The average Bonchev–Trinajstić information content (AvgIpc) is 2.29. The Morgan fingerprint density at radius 1 is 1.40 bits per heavy atom. The molecule has 0 aliphatic rings. The Morgan fingerprint density at radius 2 is 2.13 bits per heavy atom. The highest BCUT2D eigenvalue weighted by molar-refractivity contribution is 5.77. The summed E-state index contributed by atoms with van der Waals surface area (Å²) in [4.78, 5) is 15.4. The number of fused-ring (bicyclic) bond motifs is 1. The van der Waals surface area contributed by atoms with E-state index in [1.165, 1.54) is 0 Å². The van der Waals surface area contributed by atoms with Crippen LogP contribution in [0.4, 0.5) is 0 Å². The van der Waals surface area contributed by atoms with Gasteiger partial charge in [0, 0.05) is 6.04 Å². The Bertz CT molecular complexity index is 530. The van der Waals surface area contributed by atoms with Gasteiger partial charge in [-0.05, 0) is 25.5 Å². The molecule has 1 atom stereocenters. The molecule has 2 aromatic rings. The summed E-state index contributed by atoms with van der Waals surface area (Å²) in [6.07, 6.45) is 2.66. The predicted octanol–water partition coefficient (Wildman–Crippen LogP) is 2.37. The van der Waals surface area contributed by atoms with Gasteiger partial charge in [0.15, 0.2) is 0 Å². The molecule has 15 heavy (non-hydrogen) atoms. The molecule has 0 amide bonds. The van der Waals surface area contributed by atoms with Gasteiger partial charge in [-0.25, -0.2) is 0 Å². The zero-order valence-corrected chi connectivity index (χ0v) is 8.97. The zero-order valence-electron chi connectivity index (χ0n) is 8.97. The smallest absolute Gasteiger partial charge is 0.280 e. The molecule has 1 unspecified atom stereocenters. The van der Waals surface area contributed by atoms with Crippen LogP contribution in [-0.4, -0.2) is 9.55 Å². The van der Waals surface area contributed by atoms with Gasteiger partial charge in [-0.3, -0.25) is 4.79 Å². The number of rotatable bonds is 2. The third-order valence-electron chi connectivity index (χ3n) is 2.78. The van der Waals surface area contributed by atoms with E-state index in [2.05, 4.69) is 23.4 Å². The fourth-order valence-electron chi connectivity index (χ4n) is 1.67. The zero-order chi connectivity index (χ0) is 10.8. The van der Waals surface area contributed by atoms with Crippen LogP contribution in [-0.2, 0) is 0 Å². The van der Waals surface area contributed by atoms with Gasteiger partial charge >= 0.3 is 0 Å². The highest BCUT2D eigenvalue weighted by Crippen LogP contribution is 2.16. The molecular formula is C12H14N2O. The SMILES string of the molecule is CCC(C)n1cnc(=O)c2ccccc21. The van der Waals surface area contributed by atoms with E-state index in [1.54, 1.807) is 6.33 Å². The quantitative estimate of drug-likeness (QED) is 0.749. The van der Waals surface area contributed by atoms with Crippen LogP contribution >= 0.6 is 0 Å². The van der Waals surface area contributed by atoms with Crippen LogP contribution in [0.15, 0.2) is 35.4 Å². The van der Waals surface area contributed by atoms with Crippen LogP contribution in [0.3, 0.4) is 0 Å². The molecule has 0 saturated carbocycles. The summed E-state index contributed by atoms with van der Waals surface area (Å²) in [5.41, 5.74) is 0.817. The molecule has 0 spiro atoms. The molecule has 0 fully saturated rings. The van der Waals surface area contributed by atoms with Gasteiger partial charge in [0.05, 0.1) is 17.2 Å². The van der Waals surface area contributed by atoms with Gasteiger partial charge in [0.1, 0.15) is 0 Å². The first-order valence-electron chi connectivity index (χ1n) is 5.20. The molecule has 0 radical (unpaired) electrons. The van der Waals surface area contributed by atoms with E-state index >= 15 is 0 Å². The molecule has 1 aromatic carbocycles. The van der Waals surface area contributed by atoms with Gasteiger partial charge in [0.2, 0.25) is 0 Å². The Balaban J connectivity index is 2.77. The van der Waals surface area contributed by atoms with E-state index in [1.807, 2.05) is 24.3 Å². The van der Waals surface area contributed by atoms with Crippen molar-refractivity contribution in [1.82, 2.24) is 9.55 Å². The van der Waals surface area contributed by atoms with Crippen molar-refractivity contribution in [2.24, 2.45) is 0 Å². The Hall–Kier alpha value is -1.64. The Labute approximate surface area is 88.4 Å². The van der Waals surface area contributed by atoms with E-state index in [9.17, 15) is 4.79 Å². The fourth-order valence-corrected chi connectivity index (χ4v) is 1.67. The summed E-state index contributed by atoms with van der Waals surface area (Å²) in [6, 6.07) is 7.96. The molecule has 0 aliphatic heterocycles. The second-order valence-electron chi connectivity index (χ2n) is 3.73. The third kappa shape index (κ3) is 1.65. The molecule has 3 heteroatoms. The summed E-state index contributed by atoms with van der Waals surface area (Å²) in [7, 11) is 0. The van der Waals surface area contributed by atoms with Gasteiger partial charge < -0.3 is 4.57 Å². The topological polar surface area (TPSA) is 34.9 Å². The lowest BCUT2D eigenvalue weighted by molar-refractivity contribution is 0.537. The molecule has 1 heterocycles. The van der Waals surface area contributed by atoms with E-state index in [0.717, 1.165) is 11.9 Å². The van der Waals surface area contributed by atoms with Crippen LogP contribution in [0.25, 0.3) is 10.9 Å². The largest absolute Gasteiger partial charge is 0.329 e. The summed E-state index contributed by atoms with van der Waals surface area (Å²) in [5, 5.41) is 0.695. The average molecular weight is 202 g/mol. The van der Waals surface area contributed by atoms with Crippen LogP contribution in [0, 0.1) is 0 Å². The van der Waals surface area contributed by atoms with Crippen molar-refractivity contribution in [3.63, 3.8) is 0 Å². The van der Waals surface area contributed by atoms with Crippen molar-refractivity contribution in [1.29, 1.82) is 0 Å². The number of nitrogens with zero attached hydrogens (tertiary/aromatic N) is 2. The molecule has 78 valence electrons. The van der Waals surface area contributed by atoms with Crippen molar-refractivity contribution >= 4 is 10.9 Å². The van der Waals surface area contributed by atoms with Crippen LogP contribution in [0.2, 0.25) is 0 Å². The van der Waals surface area contributed by atoms with Crippen molar-refractivity contribution < 1.29 is 0 Å². The lowest BCUT2D eigenvalue weighted by Gasteiger charge is -2.15. The maximum Gasteiger partial charge on any atom is 0.280 e. The van der Waals surface area contributed by atoms with Gasteiger partial charge in [-0.2, -0.15) is 4.98 Å². The summed E-state index contributed by atoms with van der Waals surface area (Å²) >= 11 is 0. The molecule has 3 nitrogen and oxygen atoms in total. The molecular weight excluding hydrogens is 188 g/mol. The number of aromatic nitrogens is 2. The molecule has 2 rings (SSSR count). The van der Waals surface area contributed by atoms with E-state index in [-0.39, 0.29) is 5.56 Å². The van der Waals surface area contributed by atoms with Crippen LogP contribution in [0.5, 0.6) is 0 Å². The molecule has 0 bridgehead atoms. The van der Waals surface area contributed by atoms with Gasteiger partial charge in [-0.1, -0.05) is 19.1 Å². The highest BCUT2D eigenvalue weighted by Gasteiger charge is 2.06. The molecule has 0 N–H and O–H groups in total. The van der Waals surface area contributed by atoms with Crippen LogP contribution < -0.4 is 5.56 Å². The number of benzene rings is 1. The van der Waals surface area contributed by atoms with Crippen molar-refractivity contribution in [3.05, 3.63) is 40.9 Å². The summed E-state index contributed by atoms with van der Waals surface area (Å²) in [5.74, 6) is 0. The normalized spacial score (nSPS) is 12.9. The summed E-state index contributed by atoms with van der Waals surface area (Å²) < 4.78 is 2.05. The second kappa shape index (κ2) is 3.85. The molecule has 1 aromatic heterocycles. The minimum atomic E-state index is -0.148. The maximum absolute atomic E-state index is 11.5. The summed E-state index contributed by atoms with van der Waals surface area (Å²) in [6.45, 7) is 4.25. The number of para-hydroxylation sites is 1. The van der Waals surface area contributed by atoms with Gasteiger partial charge in [0.25, 0.3) is 5.56 Å². The Morgan fingerprint density at radius 3 is 2.87 bits per heavy atom. The predicted molar refractivity (Wildman–Crippen MR) is 61.0 cm³/mol. The molecule has 0 aliphatic carbocycles. The minimum Gasteiger partial charge on any atom is -0.329 e. The van der Waals surface area contributed by atoms with Crippen molar-refractivity contribution in [3.8, 4) is 0 Å². The maximum atomic E-state index is 11.5. The number of hydrogen-bond acceptors (Lipinski definition) is 2. The minimum absolute atomic E-state index is 0.148. The van der Waals surface area contributed by atoms with Crippen molar-refractivity contribution in [2.45, 2.75) is 26.3 Å². The third-order valence-corrected chi connectivity index (χ3v) is 2.78.